The number of para-hydroxylation sites is 1. The molecule has 0 unspecified atom stereocenters. The Kier molecular flexibility index (Phi) is 2.09. The van der Waals surface area contributed by atoms with Crippen LogP contribution in [0.25, 0.3) is 14.3 Å². The van der Waals surface area contributed by atoms with Crippen molar-refractivity contribution in [1.82, 2.24) is 9.38 Å². The fourth-order valence-corrected chi connectivity index (χ4v) is 3.97. The van der Waals surface area contributed by atoms with Crippen molar-refractivity contribution in [3.8, 4) is 0 Å². The molecule has 1 amide bonds. The van der Waals surface area contributed by atoms with E-state index in [1.165, 1.54) is 4.26 Å². The third-order valence-electron chi connectivity index (χ3n) is 2.47. The minimum absolute atomic E-state index is 0.243. The molecule has 0 bridgehead atoms. The number of nitrogens with zero attached hydrogens (tertiary/aromatic N) is 2. The number of carbonyl (C=O) groups excluding carboxylic acids is 1. The van der Waals surface area contributed by atoms with E-state index in [0.717, 1.165) is 15.7 Å². The second-order valence-electron chi connectivity index (χ2n) is 3.58. The molecule has 0 aliphatic heterocycles. The first-order valence-electron chi connectivity index (χ1n) is 4.88. The van der Waals surface area contributed by atoms with Crippen LogP contribution in [-0.2, 0) is 11.2 Å². The topological polar surface area (TPSA) is 60.4 Å². The quantitative estimate of drug-likeness (QED) is 0.697. The van der Waals surface area contributed by atoms with E-state index in [4.69, 9.17) is 5.73 Å². The second-order valence-corrected chi connectivity index (χ2v) is 5.70. The van der Waals surface area contributed by atoms with Gasteiger partial charge in [0.05, 0.1) is 0 Å². The molecular formula is C11H9N3OSe. The molecule has 0 fully saturated rings. The van der Waals surface area contributed by atoms with E-state index in [1.807, 2.05) is 12.1 Å². The van der Waals surface area contributed by atoms with Gasteiger partial charge in [-0.15, -0.1) is 0 Å². The van der Waals surface area contributed by atoms with Crippen molar-refractivity contribution in [2.45, 2.75) is 6.42 Å². The van der Waals surface area contributed by atoms with Crippen LogP contribution in [0.3, 0.4) is 0 Å². The van der Waals surface area contributed by atoms with Crippen molar-refractivity contribution < 1.29 is 4.79 Å². The van der Waals surface area contributed by atoms with Gasteiger partial charge in [-0.1, -0.05) is 0 Å². The zero-order valence-electron chi connectivity index (χ0n) is 8.38. The molecule has 0 spiro atoms. The molecule has 0 atom stereocenters. The van der Waals surface area contributed by atoms with E-state index in [9.17, 15) is 4.79 Å². The number of carbonyl (C=O) groups is 1. The van der Waals surface area contributed by atoms with Gasteiger partial charge in [0, 0.05) is 0 Å². The molecule has 2 aromatic heterocycles. The number of hydrogen-bond donors (Lipinski definition) is 1. The zero-order valence-corrected chi connectivity index (χ0v) is 10.1. The van der Waals surface area contributed by atoms with Crippen LogP contribution in [0.4, 0.5) is 0 Å². The Labute approximate surface area is 97.4 Å². The predicted molar refractivity (Wildman–Crippen MR) is 62.5 cm³/mol. The van der Waals surface area contributed by atoms with Crippen molar-refractivity contribution in [2.75, 3.05) is 0 Å². The first-order chi connectivity index (χ1) is 7.75. The first-order valence-corrected chi connectivity index (χ1v) is 6.59. The SMILES string of the molecule is NC(=O)Cc1cnc2[se]c3ccccc3n12. The van der Waals surface area contributed by atoms with Gasteiger partial charge < -0.3 is 0 Å². The van der Waals surface area contributed by atoms with Crippen LogP contribution in [0.5, 0.6) is 0 Å². The fourth-order valence-electron chi connectivity index (χ4n) is 1.83. The van der Waals surface area contributed by atoms with Crippen LogP contribution in [0.1, 0.15) is 5.69 Å². The normalized spacial score (nSPS) is 11.2. The van der Waals surface area contributed by atoms with E-state index < -0.39 is 0 Å². The molecule has 2 N–H and O–H groups in total. The molecule has 0 aliphatic rings. The van der Waals surface area contributed by atoms with Gasteiger partial charge >= 0.3 is 97.2 Å². The summed E-state index contributed by atoms with van der Waals surface area (Å²) in [5, 5.41) is 0. The summed E-state index contributed by atoms with van der Waals surface area (Å²) >= 11 is 0.243. The molecule has 16 heavy (non-hydrogen) atoms. The zero-order chi connectivity index (χ0) is 11.1. The first kappa shape index (κ1) is 9.63. The maximum absolute atomic E-state index is 11.0. The molecule has 1 aromatic carbocycles. The summed E-state index contributed by atoms with van der Waals surface area (Å²) in [5.74, 6) is -0.320. The molecule has 4 nitrogen and oxygen atoms in total. The number of amides is 1. The standard InChI is InChI=1S/C11H9N3OSe/c12-10(15)5-7-6-13-11-14(7)8-3-1-2-4-9(8)16-11/h1-4,6H,5H2,(H2,12,15). The number of nitrogens with two attached hydrogens (primary N) is 1. The second kappa shape index (κ2) is 3.47. The fraction of sp³-hybridized carbons (Fsp3) is 0.0909. The molecule has 3 aromatic rings. The number of rotatable bonds is 2. The summed E-state index contributed by atoms with van der Waals surface area (Å²) in [7, 11) is 0. The van der Waals surface area contributed by atoms with Crippen molar-refractivity contribution in [3.63, 3.8) is 0 Å². The summed E-state index contributed by atoms with van der Waals surface area (Å²) in [5.41, 5.74) is 7.25. The van der Waals surface area contributed by atoms with E-state index >= 15 is 0 Å². The van der Waals surface area contributed by atoms with Crippen molar-refractivity contribution >= 4 is 34.7 Å². The molecule has 0 radical (unpaired) electrons. The number of fused-ring (bicyclic) bond motifs is 3. The number of imidazole rings is 1. The van der Waals surface area contributed by atoms with Crippen LogP contribution >= 0.6 is 0 Å². The number of primary amides is 1. The van der Waals surface area contributed by atoms with Crippen molar-refractivity contribution in [2.24, 2.45) is 5.73 Å². The summed E-state index contributed by atoms with van der Waals surface area (Å²) < 4.78 is 4.41. The van der Waals surface area contributed by atoms with Gasteiger partial charge in [-0.25, -0.2) is 0 Å². The minimum atomic E-state index is -0.320. The van der Waals surface area contributed by atoms with Crippen LogP contribution in [0.15, 0.2) is 30.5 Å². The van der Waals surface area contributed by atoms with Gasteiger partial charge in [0.25, 0.3) is 0 Å². The average molecular weight is 278 g/mol. The Hall–Kier alpha value is -1.58. The van der Waals surface area contributed by atoms with Crippen LogP contribution in [0, 0.1) is 0 Å². The maximum atomic E-state index is 11.0. The van der Waals surface area contributed by atoms with Crippen molar-refractivity contribution in [1.29, 1.82) is 0 Å². The summed E-state index contributed by atoms with van der Waals surface area (Å²) in [6.07, 6.45) is 2.00. The van der Waals surface area contributed by atoms with Gasteiger partial charge in [-0.3, -0.25) is 0 Å². The van der Waals surface area contributed by atoms with Gasteiger partial charge in [0.15, 0.2) is 0 Å². The average Bonchev–Trinajstić information content (AvgIpc) is 2.77. The molecular weight excluding hydrogens is 269 g/mol. The monoisotopic (exact) mass is 279 g/mol. The van der Waals surface area contributed by atoms with E-state index in [1.54, 1.807) is 6.20 Å². The van der Waals surface area contributed by atoms with E-state index in [2.05, 4.69) is 21.5 Å². The Morgan fingerprint density at radius 3 is 3.06 bits per heavy atom. The third kappa shape index (κ3) is 1.37. The molecule has 2 heterocycles. The molecule has 80 valence electrons. The third-order valence-corrected chi connectivity index (χ3v) is 4.64. The molecule has 0 aliphatic carbocycles. The van der Waals surface area contributed by atoms with Crippen LogP contribution < -0.4 is 5.73 Å². The number of hydrogen-bond acceptors (Lipinski definition) is 2. The molecule has 0 saturated heterocycles. The van der Waals surface area contributed by atoms with Crippen LogP contribution in [-0.4, -0.2) is 29.8 Å². The summed E-state index contributed by atoms with van der Waals surface area (Å²) in [6, 6.07) is 8.19. The number of aromatic nitrogens is 2. The molecule has 3 rings (SSSR count). The summed E-state index contributed by atoms with van der Waals surface area (Å²) in [4.78, 5) is 15.3. The molecule has 5 heteroatoms. The Morgan fingerprint density at radius 1 is 1.44 bits per heavy atom. The van der Waals surface area contributed by atoms with Crippen LogP contribution in [0.2, 0.25) is 0 Å². The van der Waals surface area contributed by atoms with Gasteiger partial charge in [0.1, 0.15) is 0 Å². The van der Waals surface area contributed by atoms with E-state index in [-0.39, 0.29) is 26.8 Å². The van der Waals surface area contributed by atoms with Crippen molar-refractivity contribution in [3.05, 3.63) is 36.2 Å². The Balaban J connectivity index is 2.34. The Morgan fingerprint density at radius 2 is 2.25 bits per heavy atom. The van der Waals surface area contributed by atoms with Gasteiger partial charge in [-0.2, -0.15) is 0 Å². The predicted octanol–water partition coefficient (Wildman–Crippen LogP) is 0.572. The summed E-state index contributed by atoms with van der Waals surface area (Å²) in [6.45, 7) is 0. The van der Waals surface area contributed by atoms with Gasteiger partial charge in [0.2, 0.25) is 0 Å². The van der Waals surface area contributed by atoms with E-state index in [0.29, 0.717) is 0 Å². The Bertz CT molecular complexity index is 683. The number of benzene rings is 1. The van der Waals surface area contributed by atoms with Gasteiger partial charge in [-0.05, 0) is 0 Å². The molecule has 0 saturated carbocycles.